The van der Waals surface area contributed by atoms with Crippen molar-refractivity contribution < 1.29 is 9.15 Å². The van der Waals surface area contributed by atoms with Gasteiger partial charge in [0.05, 0.1) is 7.11 Å². The fourth-order valence-electron chi connectivity index (χ4n) is 2.02. The molecular weight excluding hydrogens is 216 g/mol. The lowest BCUT2D eigenvalue weighted by atomic mass is 9.98. The molecular formula is C14H16O3. The molecule has 2 rings (SSSR count). The zero-order chi connectivity index (χ0) is 12.6. The van der Waals surface area contributed by atoms with Crippen LogP contribution in [0.25, 0.3) is 11.0 Å². The minimum Gasteiger partial charge on any atom is -0.496 e. The maximum Gasteiger partial charge on any atom is 0.336 e. The molecule has 0 aliphatic rings. The molecule has 0 bridgehead atoms. The maximum absolute atomic E-state index is 11.5. The van der Waals surface area contributed by atoms with Gasteiger partial charge in [0.1, 0.15) is 11.3 Å². The highest BCUT2D eigenvalue weighted by atomic mass is 16.5. The van der Waals surface area contributed by atoms with E-state index >= 15 is 0 Å². The maximum atomic E-state index is 11.5. The molecule has 1 aromatic heterocycles. The predicted octanol–water partition coefficient (Wildman–Crippen LogP) is 3.23. The van der Waals surface area contributed by atoms with E-state index in [-0.39, 0.29) is 11.5 Å². The van der Waals surface area contributed by atoms with Gasteiger partial charge in [-0.15, -0.1) is 0 Å². The third kappa shape index (κ3) is 2.05. The Kier molecular flexibility index (Phi) is 2.92. The van der Waals surface area contributed by atoms with Crippen molar-refractivity contribution in [3.63, 3.8) is 0 Å². The Hall–Kier alpha value is -1.77. The first-order chi connectivity index (χ1) is 8.02. The summed E-state index contributed by atoms with van der Waals surface area (Å²) in [4.78, 5) is 11.5. The summed E-state index contributed by atoms with van der Waals surface area (Å²) in [7, 11) is 1.61. The quantitative estimate of drug-likeness (QED) is 0.746. The molecule has 0 N–H and O–H groups in total. The Morgan fingerprint density at radius 1 is 1.24 bits per heavy atom. The monoisotopic (exact) mass is 232 g/mol. The fraction of sp³-hybridized carbons (Fsp3) is 0.357. The van der Waals surface area contributed by atoms with Gasteiger partial charge in [-0.25, -0.2) is 4.79 Å². The van der Waals surface area contributed by atoms with Crippen LogP contribution in [0.1, 0.15) is 30.9 Å². The number of rotatable bonds is 2. The predicted molar refractivity (Wildman–Crippen MR) is 67.9 cm³/mol. The van der Waals surface area contributed by atoms with E-state index in [1.807, 2.05) is 13.0 Å². The minimum absolute atomic E-state index is 0.286. The first kappa shape index (κ1) is 11.7. The number of hydrogen-bond acceptors (Lipinski definition) is 3. The molecule has 90 valence electrons. The van der Waals surface area contributed by atoms with Crippen LogP contribution in [-0.4, -0.2) is 7.11 Å². The minimum atomic E-state index is -0.313. The molecule has 3 nitrogen and oxygen atoms in total. The topological polar surface area (TPSA) is 39.4 Å². The highest BCUT2D eigenvalue weighted by Gasteiger charge is 2.11. The first-order valence-electron chi connectivity index (χ1n) is 5.65. The standard InChI is InChI=1S/C14H16O3/c1-8(2)10-6-14(15)17-13-7-12(16-4)9(3)5-11(10)13/h5-8H,1-4H3. The number of benzene rings is 1. The number of ether oxygens (including phenoxy) is 1. The lowest BCUT2D eigenvalue weighted by Gasteiger charge is -2.11. The summed E-state index contributed by atoms with van der Waals surface area (Å²) in [6, 6.07) is 5.35. The van der Waals surface area contributed by atoms with Gasteiger partial charge in [-0.1, -0.05) is 13.8 Å². The molecule has 0 saturated heterocycles. The van der Waals surface area contributed by atoms with Crippen molar-refractivity contribution in [3.05, 3.63) is 39.7 Å². The molecule has 0 amide bonds. The van der Waals surface area contributed by atoms with Gasteiger partial charge in [0.2, 0.25) is 0 Å². The number of methoxy groups -OCH3 is 1. The van der Waals surface area contributed by atoms with E-state index in [1.54, 1.807) is 19.2 Å². The van der Waals surface area contributed by atoms with Gasteiger partial charge in [0.25, 0.3) is 0 Å². The third-order valence-corrected chi connectivity index (χ3v) is 2.91. The van der Waals surface area contributed by atoms with E-state index in [9.17, 15) is 4.79 Å². The van der Waals surface area contributed by atoms with Crippen LogP contribution in [0, 0.1) is 6.92 Å². The Morgan fingerprint density at radius 2 is 1.94 bits per heavy atom. The lowest BCUT2D eigenvalue weighted by molar-refractivity contribution is 0.411. The van der Waals surface area contributed by atoms with Gasteiger partial charge in [0, 0.05) is 17.5 Å². The van der Waals surface area contributed by atoms with Gasteiger partial charge < -0.3 is 9.15 Å². The summed E-state index contributed by atoms with van der Waals surface area (Å²) in [5.74, 6) is 1.02. The second-order valence-corrected chi connectivity index (χ2v) is 4.49. The Morgan fingerprint density at radius 3 is 2.53 bits per heavy atom. The zero-order valence-electron chi connectivity index (χ0n) is 10.5. The highest BCUT2D eigenvalue weighted by molar-refractivity contribution is 5.83. The Labute approximate surface area is 100 Å². The normalized spacial score (nSPS) is 11.1. The molecule has 1 aromatic carbocycles. The van der Waals surface area contributed by atoms with Crippen LogP contribution in [0.5, 0.6) is 5.75 Å². The van der Waals surface area contributed by atoms with Crippen molar-refractivity contribution in [2.75, 3.05) is 7.11 Å². The first-order valence-corrected chi connectivity index (χ1v) is 5.65. The van der Waals surface area contributed by atoms with Crippen LogP contribution >= 0.6 is 0 Å². The SMILES string of the molecule is COc1cc2oc(=O)cc(C(C)C)c2cc1C. The van der Waals surface area contributed by atoms with Gasteiger partial charge in [0.15, 0.2) is 0 Å². The third-order valence-electron chi connectivity index (χ3n) is 2.91. The lowest BCUT2D eigenvalue weighted by Crippen LogP contribution is -2.02. The van der Waals surface area contributed by atoms with E-state index < -0.39 is 0 Å². The van der Waals surface area contributed by atoms with E-state index in [2.05, 4.69) is 13.8 Å². The molecule has 1 heterocycles. The summed E-state index contributed by atoms with van der Waals surface area (Å²) in [5, 5.41) is 0.984. The van der Waals surface area contributed by atoms with Crippen LogP contribution in [0.2, 0.25) is 0 Å². The average molecular weight is 232 g/mol. The molecule has 17 heavy (non-hydrogen) atoms. The molecule has 0 atom stereocenters. The van der Waals surface area contributed by atoms with Crippen molar-refractivity contribution in [1.29, 1.82) is 0 Å². The van der Waals surface area contributed by atoms with Gasteiger partial charge in [-0.2, -0.15) is 0 Å². The summed E-state index contributed by atoms with van der Waals surface area (Å²) >= 11 is 0. The molecule has 0 unspecified atom stereocenters. The summed E-state index contributed by atoms with van der Waals surface area (Å²) in [6.45, 7) is 6.11. The van der Waals surface area contributed by atoms with Crippen LogP contribution < -0.4 is 10.4 Å². The molecule has 3 heteroatoms. The highest BCUT2D eigenvalue weighted by Crippen LogP contribution is 2.29. The smallest absolute Gasteiger partial charge is 0.336 e. The van der Waals surface area contributed by atoms with Crippen LogP contribution in [0.4, 0.5) is 0 Å². The van der Waals surface area contributed by atoms with Crippen molar-refractivity contribution >= 4 is 11.0 Å². The molecule has 2 aromatic rings. The van der Waals surface area contributed by atoms with E-state index in [1.165, 1.54) is 0 Å². The second-order valence-electron chi connectivity index (χ2n) is 4.49. The van der Waals surface area contributed by atoms with Gasteiger partial charge >= 0.3 is 5.63 Å². The molecule has 0 spiro atoms. The second kappa shape index (κ2) is 4.24. The van der Waals surface area contributed by atoms with Crippen molar-refractivity contribution in [1.82, 2.24) is 0 Å². The summed E-state index contributed by atoms with van der Waals surface area (Å²) < 4.78 is 10.4. The number of fused-ring (bicyclic) bond motifs is 1. The van der Waals surface area contributed by atoms with Crippen molar-refractivity contribution in [3.8, 4) is 5.75 Å². The molecule has 0 saturated carbocycles. The summed E-state index contributed by atoms with van der Waals surface area (Å²) in [5.41, 5.74) is 2.33. The molecule has 0 aliphatic carbocycles. The summed E-state index contributed by atoms with van der Waals surface area (Å²) in [6.07, 6.45) is 0. The molecule has 0 fully saturated rings. The number of aryl methyl sites for hydroxylation is 1. The van der Waals surface area contributed by atoms with Gasteiger partial charge in [-0.3, -0.25) is 0 Å². The Bertz CT molecular complexity index is 609. The van der Waals surface area contributed by atoms with Crippen LogP contribution in [0.15, 0.2) is 27.4 Å². The molecule has 0 radical (unpaired) electrons. The van der Waals surface area contributed by atoms with Crippen LogP contribution in [0.3, 0.4) is 0 Å². The molecule has 0 aliphatic heterocycles. The van der Waals surface area contributed by atoms with Gasteiger partial charge in [-0.05, 0) is 30.0 Å². The average Bonchev–Trinajstić information content (AvgIpc) is 2.27. The van der Waals surface area contributed by atoms with Crippen molar-refractivity contribution in [2.45, 2.75) is 26.7 Å². The van der Waals surface area contributed by atoms with E-state index in [4.69, 9.17) is 9.15 Å². The van der Waals surface area contributed by atoms with Crippen molar-refractivity contribution in [2.24, 2.45) is 0 Å². The fourth-order valence-corrected chi connectivity index (χ4v) is 2.02. The van der Waals surface area contributed by atoms with E-state index in [0.29, 0.717) is 5.58 Å². The van der Waals surface area contributed by atoms with Crippen LogP contribution in [-0.2, 0) is 0 Å². The van der Waals surface area contributed by atoms with E-state index in [0.717, 1.165) is 22.3 Å². The number of hydrogen-bond donors (Lipinski definition) is 0. The largest absolute Gasteiger partial charge is 0.496 e. The zero-order valence-corrected chi connectivity index (χ0v) is 10.5. The Balaban J connectivity index is 2.85.